The molecule has 0 fully saturated rings. The standard InChI is InChI=1S/C15H20N2O/c1-2-9-17-15-5-3-4-12-11-13(18-10-8-16)6-7-14(12)15/h6-7,11,15,17H,2-5,9-10H2,1H3. The molecule has 0 radical (unpaired) electrons. The summed E-state index contributed by atoms with van der Waals surface area (Å²) in [6.45, 7) is 3.38. The first kappa shape index (κ1) is 12.9. The Kier molecular flexibility index (Phi) is 4.60. The molecule has 1 aliphatic rings. The second kappa shape index (κ2) is 6.42. The van der Waals surface area contributed by atoms with E-state index in [0.29, 0.717) is 6.04 Å². The average Bonchev–Trinajstić information content (AvgIpc) is 2.42. The molecule has 18 heavy (non-hydrogen) atoms. The molecular formula is C15H20N2O. The fourth-order valence-electron chi connectivity index (χ4n) is 2.53. The van der Waals surface area contributed by atoms with Crippen LogP contribution in [0.15, 0.2) is 18.2 Å². The molecule has 96 valence electrons. The molecule has 1 N–H and O–H groups in total. The van der Waals surface area contributed by atoms with Gasteiger partial charge in [-0.3, -0.25) is 0 Å². The Bertz CT molecular complexity index is 437. The van der Waals surface area contributed by atoms with Gasteiger partial charge in [0.15, 0.2) is 6.61 Å². The van der Waals surface area contributed by atoms with Crippen molar-refractivity contribution in [1.82, 2.24) is 5.32 Å². The Morgan fingerprint density at radius 2 is 2.39 bits per heavy atom. The molecule has 0 spiro atoms. The first-order valence-corrected chi connectivity index (χ1v) is 6.71. The normalized spacial score (nSPS) is 17.9. The van der Waals surface area contributed by atoms with Gasteiger partial charge in [-0.2, -0.15) is 5.26 Å². The lowest BCUT2D eigenvalue weighted by atomic mass is 9.87. The number of aryl methyl sites for hydroxylation is 1. The Morgan fingerprint density at radius 1 is 1.50 bits per heavy atom. The zero-order valence-electron chi connectivity index (χ0n) is 10.9. The molecule has 1 atom stereocenters. The van der Waals surface area contributed by atoms with Crippen LogP contribution in [-0.4, -0.2) is 13.2 Å². The molecule has 0 saturated heterocycles. The summed E-state index contributed by atoms with van der Waals surface area (Å²) < 4.78 is 5.36. The molecule has 1 aliphatic carbocycles. The van der Waals surface area contributed by atoms with E-state index in [1.54, 1.807) is 0 Å². The summed E-state index contributed by atoms with van der Waals surface area (Å²) in [6, 6.07) is 8.69. The monoisotopic (exact) mass is 244 g/mol. The molecule has 0 aromatic heterocycles. The van der Waals surface area contributed by atoms with Gasteiger partial charge in [0.05, 0.1) is 0 Å². The van der Waals surface area contributed by atoms with Crippen LogP contribution in [-0.2, 0) is 6.42 Å². The zero-order chi connectivity index (χ0) is 12.8. The number of fused-ring (bicyclic) bond motifs is 1. The highest BCUT2D eigenvalue weighted by Gasteiger charge is 2.19. The summed E-state index contributed by atoms with van der Waals surface area (Å²) >= 11 is 0. The maximum absolute atomic E-state index is 8.52. The van der Waals surface area contributed by atoms with E-state index in [-0.39, 0.29) is 6.61 Å². The van der Waals surface area contributed by atoms with Crippen molar-refractivity contribution < 1.29 is 4.74 Å². The Balaban J connectivity index is 2.12. The molecule has 0 aliphatic heterocycles. The summed E-state index contributed by atoms with van der Waals surface area (Å²) in [5, 5.41) is 12.1. The van der Waals surface area contributed by atoms with Crippen LogP contribution in [0.25, 0.3) is 0 Å². The molecule has 2 rings (SSSR count). The molecule has 0 amide bonds. The van der Waals surface area contributed by atoms with E-state index in [2.05, 4.69) is 24.4 Å². The van der Waals surface area contributed by atoms with Gasteiger partial charge in [0.2, 0.25) is 0 Å². The summed E-state index contributed by atoms with van der Waals surface area (Å²) in [7, 11) is 0. The second-order valence-corrected chi connectivity index (χ2v) is 4.71. The third-order valence-electron chi connectivity index (χ3n) is 3.37. The molecule has 0 bridgehead atoms. The lowest BCUT2D eigenvalue weighted by Gasteiger charge is -2.26. The molecule has 1 aromatic rings. The van der Waals surface area contributed by atoms with Crippen molar-refractivity contribution in [1.29, 1.82) is 5.26 Å². The lowest BCUT2D eigenvalue weighted by molar-refractivity contribution is 0.366. The zero-order valence-corrected chi connectivity index (χ0v) is 10.9. The van der Waals surface area contributed by atoms with E-state index in [0.717, 1.165) is 25.1 Å². The third kappa shape index (κ3) is 3.02. The van der Waals surface area contributed by atoms with Crippen molar-refractivity contribution in [2.24, 2.45) is 0 Å². The van der Waals surface area contributed by atoms with Crippen molar-refractivity contribution in [2.45, 2.75) is 38.6 Å². The van der Waals surface area contributed by atoms with Crippen LogP contribution in [0.2, 0.25) is 0 Å². The number of nitriles is 1. The number of nitrogens with zero attached hydrogens (tertiary/aromatic N) is 1. The van der Waals surface area contributed by atoms with Crippen LogP contribution in [0, 0.1) is 11.3 Å². The van der Waals surface area contributed by atoms with Crippen LogP contribution in [0.3, 0.4) is 0 Å². The quantitative estimate of drug-likeness (QED) is 0.866. The van der Waals surface area contributed by atoms with Crippen LogP contribution < -0.4 is 10.1 Å². The van der Waals surface area contributed by atoms with Crippen molar-refractivity contribution in [3.8, 4) is 11.8 Å². The predicted molar refractivity (Wildman–Crippen MR) is 71.5 cm³/mol. The van der Waals surface area contributed by atoms with E-state index in [1.165, 1.54) is 24.0 Å². The summed E-state index contributed by atoms with van der Waals surface area (Å²) in [4.78, 5) is 0. The van der Waals surface area contributed by atoms with Crippen molar-refractivity contribution in [3.63, 3.8) is 0 Å². The van der Waals surface area contributed by atoms with Gasteiger partial charge in [0, 0.05) is 6.04 Å². The summed E-state index contributed by atoms with van der Waals surface area (Å²) in [5.41, 5.74) is 2.77. The number of rotatable bonds is 5. The van der Waals surface area contributed by atoms with E-state index >= 15 is 0 Å². The SMILES string of the molecule is CCCNC1CCCc2cc(OCC#N)ccc21. The largest absolute Gasteiger partial charge is 0.479 e. The van der Waals surface area contributed by atoms with Crippen molar-refractivity contribution in [2.75, 3.05) is 13.2 Å². The maximum atomic E-state index is 8.52. The van der Waals surface area contributed by atoms with Crippen molar-refractivity contribution in [3.05, 3.63) is 29.3 Å². The first-order valence-electron chi connectivity index (χ1n) is 6.71. The molecular weight excluding hydrogens is 224 g/mol. The number of hydrogen-bond acceptors (Lipinski definition) is 3. The molecule has 1 unspecified atom stereocenters. The second-order valence-electron chi connectivity index (χ2n) is 4.71. The smallest absolute Gasteiger partial charge is 0.174 e. The third-order valence-corrected chi connectivity index (χ3v) is 3.37. The van der Waals surface area contributed by atoms with E-state index in [1.807, 2.05) is 12.1 Å². The number of ether oxygens (including phenoxy) is 1. The van der Waals surface area contributed by atoms with Gasteiger partial charge >= 0.3 is 0 Å². The van der Waals surface area contributed by atoms with Gasteiger partial charge in [0.1, 0.15) is 11.8 Å². The van der Waals surface area contributed by atoms with Gasteiger partial charge in [-0.25, -0.2) is 0 Å². The van der Waals surface area contributed by atoms with Gasteiger partial charge in [0.25, 0.3) is 0 Å². The predicted octanol–water partition coefficient (Wildman–Crippen LogP) is 2.97. The Morgan fingerprint density at radius 3 is 3.17 bits per heavy atom. The van der Waals surface area contributed by atoms with Crippen molar-refractivity contribution >= 4 is 0 Å². The van der Waals surface area contributed by atoms with Crippen LogP contribution in [0.4, 0.5) is 0 Å². The fourth-order valence-corrected chi connectivity index (χ4v) is 2.53. The number of hydrogen-bond donors (Lipinski definition) is 1. The molecule has 1 aromatic carbocycles. The lowest BCUT2D eigenvalue weighted by Crippen LogP contribution is -2.25. The summed E-state index contributed by atoms with van der Waals surface area (Å²) in [6.07, 6.45) is 4.71. The van der Waals surface area contributed by atoms with Gasteiger partial charge in [-0.15, -0.1) is 0 Å². The minimum absolute atomic E-state index is 0.121. The van der Waals surface area contributed by atoms with Gasteiger partial charge in [-0.05, 0) is 55.5 Å². The Hall–Kier alpha value is -1.53. The van der Waals surface area contributed by atoms with E-state index in [9.17, 15) is 0 Å². The van der Waals surface area contributed by atoms with Gasteiger partial charge < -0.3 is 10.1 Å². The first-order chi connectivity index (χ1) is 8.85. The molecule has 0 saturated carbocycles. The van der Waals surface area contributed by atoms with E-state index < -0.39 is 0 Å². The number of benzene rings is 1. The highest BCUT2D eigenvalue weighted by atomic mass is 16.5. The van der Waals surface area contributed by atoms with Crippen LogP contribution >= 0.6 is 0 Å². The van der Waals surface area contributed by atoms with Crippen LogP contribution in [0.1, 0.15) is 43.4 Å². The van der Waals surface area contributed by atoms with Gasteiger partial charge in [-0.1, -0.05) is 13.0 Å². The van der Waals surface area contributed by atoms with Crippen LogP contribution in [0.5, 0.6) is 5.75 Å². The molecule has 3 nitrogen and oxygen atoms in total. The minimum atomic E-state index is 0.121. The molecule has 0 heterocycles. The number of nitrogens with one attached hydrogen (secondary N) is 1. The topological polar surface area (TPSA) is 45.0 Å². The average molecular weight is 244 g/mol. The Labute approximate surface area is 109 Å². The molecule has 3 heteroatoms. The minimum Gasteiger partial charge on any atom is -0.479 e. The highest BCUT2D eigenvalue weighted by molar-refractivity contribution is 5.39. The summed E-state index contributed by atoms with van der Waals surface area (Å²) in [5.74, 6) is 0.812. The maximum Gasteiger partial charge on any atom is 0.174 e. The fraction of sp³-hybridized carbons (Fsp3) is 0.533. The van der Waals surface area contributed by atoms with E-state index in [4.69, 9.17) is 10.00 Å². The highest BCUT2D eigenvalue weighted by Crippen LogP contribution is 2.32.